The Morgan fingerprint density at radius 1 is 1.53 bits per heavy atom. The molecule has 1 aliphatic heterocycles. The Labute approximate surface area is 99.6 Å². The van der Waals surface area contributed by atoms with E-state index in [1.165, 1.54) is 6.42 Å². The number of anilines is 1. The summed E-state index contributed by atoms with van der Waals surface area (Å²) in [5.41, 5.74) is 6.68. The van der Waals surface area contributed by atoms with Crippen LogP contribution in [-0.4, -0.2) is 18.8 Å². The first-order valence-corrected chi connectivity index (χ1v) is 6.50. The van der Waals surface area contributed by atoms with Crippen LogP contribution in [0.1, 0.15) is 6.42 Å². The maximum atomic E-state index is 5.89. The number of halogens is 1. The molecule has 1 heterocycles. The van der Waals surface area contributed by atoms with Gasteiger partial charge >= 0.3 is 0 Å². The van der Waals surface area contributed by atoms with Gasteiger partial charge in [0.25, 0.3) is 0 Å². The largest absolute Gasteiger partial charge is 0.398 e. The molecule has 1 aromatic rings. The molecule has 0 aliphatic carbocycles. The Morgan fingerprint density at radius 2 is 2.40 bits per heavy atom. The zero-order valence-electron chi connectivity index (χ0n) is 8.50. The van der Waals surface area contributed by atoms with E-state index < -0.39 is 0 Å². The molecule has 0 radical (unpaired) electrons. The second kappa shape index (κ2) is 5.10. The van der Waals surface area contributed by atoms with E-state index >= 15 is 0 Å². The lowest BCUT2D eigenvalue weighted by atomic mass is 10.2. The summed E-state index contributed by atoms with van der Waals surface area (Å²) >= 11 is 7.67. The Bertz CT molecular complexity index is 337. The van der Waals surface area contributed by atoms with Gasteiger partial charge in [-0.2, -0.15) is 0 Å². The first-order chi connectivity index (χ1) is 7.25. The first-order valence-electron chi connectivity index (χ1n) is 5.14. The standard InChI is InChI=1S/C11H15ClN2S/c12-9-1-2-11(10(13)5-9)15-7-8-3-4-14-6-8/h1-2,5,8,14H,3-4,6-7,13H2. The molecule has 4 heteroatoms. The number of benzene rings is 1. The molecule has 1 aliphatic rings. The van der Waals surface area contributed by atoms with Crippen LogP contribution in [0.2, 0.25) is 5.02 Å². The molecule has 0 aromatic heterocycles. The maximum absolute atomic E-state index is 5.89. The minimum absolute atomic E-state index is 0.708. The summed E-state index contributed by atoms with van der Waals surface area (Å²) in [6, 6.07) is 5.72. The van der Waals surface area contributed by atoms with E-state index in [2.05, 4.69) is 5.32 Å². The van der Waals surface area contributed by atoms with Crippen LogP contribution in [0.4, 0.5) is 5.69 Å². The van der Waals surface area contributed by atoms with Gasteiger partial charge in [-0.3, -0.25) is 0 Å². The third-order valence-corrected chi connectivity index (χ3v) is 4.16. The third kappa shape index (κ3) is 3.03. The Balaban J connectivity index is 1.92. The SMILES string of the molecule is Nc1cc(Cl)ccc1SCC1CCNC1. The number of rotatable bonds is 3. The highest BCUT2D eigenvalue weighted by Crippen LogP contribution is 2.30. The average molecular weight is 243 g/mol. The van der Waals surface area contributed by atoms with Gasteiger partial charge < -0.3 is 11.1 Å². The molecular weight excluding hydrogens is 228 g/mol. The van der Waals surface area contributed by atoms with Gasteiger partial charge in [0.15, 0.2) is 0 Å². The average Bonchev–Trinajstić information content (AvgIpc) is 2.69. The highest BCUT2D eigenvalue weighted by Gasteiger charge is 2.14. The van der Waals surface area contributed by atoms with Crippen LogP contribution in [0.5, 0.6) is 0 Å². The smallest absolute Gasteiger partial charge is 0.0467 e. The van der Waals surface area contributed by atoms with Crippen molar-refractivity contribution in [1.82, 2.24) is 5.32 Å². The van der Waals surface area contributed by atoms with Crippen LogP contribution in [0.3, 0.4) is 0 Å². The van der Waals surface area contributed by atoms with Gasteiger partial charge in [-0.25, -0.2) is 0 Å². The molecule has 2 rings (SSSR count). The summed E-state index contributed by atoms with van der Waals surface area (Å²) in [6.07, 6.45) is 1.28. The highest BCUT2D eigenvalue weighted by molar-refractivity contribution is 7.99. The van der Waals surface area contributed by atoms with Crippen molar-refractivity contribution >= 4 is 29.1 Å². The van der Waals surface area contributed by atoms with Crippen molar-refractivity contribution in [2.24, 2.45) is 5.92 Å². The molecule has 3 N–H and O–H groups in total. The van der Waals surface area contributed by atoms with Crippen molar-refractivity contribution in [3.63, 3.8) is 0 Å². The molecule has 2 nitrogen and oxygen atoms in total. The van der Waals surface area contributed by atoms with E-state index in [-0.39, 0.29) is 0 Å². The third-order valence-electron chi connectivity index (χ3n) is 2.61. The molecular formula is C11H15ClN2S. The van der Waals surface area contributed by atoms with Gasteiger partial charge in [-0.05, 0) is 43.6 Å². The zero-order chi connectivity index (χ0) is 10.7. The molecule has 0 saturated carbocycles. The molecule has 0 spiro atoms. The Morgan fingerprint density at radius 3 is 3.07 bits per heavy atom. The van der Waals surface area contributed by atoms with Crippen LogP contribution < -0.4 is 11.1 Å². The number of nitrogens with one attached hydrogen (secondary N) is 1. The molecule has 15 heavy (non-hydrogen) atoms. The summed E-state index contributed by atoms with van der Waals surface area (Å²) < 4.78 is 0. The van der Waals surface area contributed by atoms with Crippen molar-refractivity contribution in [3.05, 3.63) is 23.2 Å². The fourth-order valence-corrected chi connectivity index (χ4v) is 2.99. The van der Waals surface area contributed by atoms with E-state index in [0.29, 0.717) is 5.02 Å². The maximum Gasteiger partial charge on any atom is 0.0467 e. The van der Waals surface area contributed by atoms with Gasteiger partial charge in [-0.15, -0.1) is 11.8 Å². The number of hydrogen-bond donors (Lipinski definition) is 2. The zero-order valence-corrected chi connectivity index (χ0v) is 10.1. The molecule has 0 amide bonds. The van der Waals surface area contributed by atoms with E-state index in [4.69, 9.17) is 17.3 Å². The normalized spacial score (nSPS) is 20.7. The monoisotopic (exact) mass is 242 g/mol. The predicted octanol–water partition coefficient (Wildman–Crippen LogP) is 2.62. The molecule has 0 bridgehead atoms. The van der Waals surface area contributed by atoms with E-state index in [1.807, 2.05) is 30.0 Å². The van der Waals surface area contributed by atoms with Gasteiger partial charge in [-0.1, -0.05) is 11.6 Å². The van der Waals surface area contributed by atoms with Crippen molar-refractivity contribution in [2.45, 2.75) is 11.3 Å². The lowest BCUT2D eigenvalue weighted by Crippen LogP contribution is -2.10. The lowest BCUT2D eigenvalue weighted by Gasteiger charge is -2.09. The fraction of sp³-hybridized carbons (Fsp3) is 0.455. The predicted molar refractivity (Wildman–Crippen MR) is 67.6 cm³/mol. The van der Waals surface area contributed by atoms with E-state index in [1.54, 1.807) is 0 Å². The summed E-state index contributed by atoms with van der Waals surface area (Å²) in [5.74, 6) is 1.92. The van der Waals surface area contributed by atoms with Crippen LogP contribution >= 0.6 is 23.4 Å². The van der Waals surface area contributed by atoms with E-state index in [9.17, 15) is 0 Å². The second-order valence-corrected chi connectivity index (χ2v) is 5.35. The van der Waals surface area contributed by atoms with Gasteiger partial charge in [0.05, 0.1) is 0 Å². The Hall–Kier alpha value is -0.380. The van der Waals surface area contributed by atoms with Crippen LogP contribution in [0.15, 0.2) is 23.1 Å². The lowest BCUT2D eigenvalue weighted by molar-refractivity contribution is 0.663. The summed E-state index contributed by atoms with van der Waals surface area (Å²) in [6.45, 7) is 2.29. The Kier molecular flexibility index (Phi) is 3.78. The molecule has 1 aromatic carbocycles. The summed E-state index contributed by atoms with van der Waals surface area (Å²) in [7, 11) is 0. The highest BCUT2D eigenvalue weighted by atomic mass is 35.5. The van der Waals surface area contributed by atoms with Crippen LogP contribution in [0.25, 0.3) is 0 Å². The van der Waals surface area contributed by atoms with E-state index in [0.717, 1.165) is 35.3 Å². The molecule has 1 fully saturated rings. The van der Waals surface area contributed by atoms with Crippen LogP contribution in [0, 0.1) is 5.92 Å². The first kappa shape index (κ1) is 11.1. The second-order valence-electron chi connectivity index (χ2n) is 3.85. The molecule has 1 saturated heterocycles. The fourth-order valence-electron chi connectivity index (χ4n) is 1.72. The van der Waals surface area contributed by atoms with Crippen LogP contribution in [-0.2, 0) is 0 Å². The number of thioether (sulfide) groups is 1. The number of nitrogen functional groups attached to an aromatic ring is 1. The summed E-state index contributed by atoms with van der Waals surface area (Å²) in [4.78, 5) is 1.14. The van der Waals surface area contributed by atoms with Crippen molar-refractivity contribution in [2.75, 3.05) is 24.6 Å². The van der Waals surface area contributed by atoms with Crippen molar-refractivity contribution in [3.8, 4) is 0 Å². The minimum atomic E-state index is 0.708. The number of hydrogen-bond acceptors (Lipinski definition) is 3. The van der Waals surface area contributed by atoms with Crippen molar-refractivity contribution < 1.29 is 0 Å². The topological polar surface area (TPSA) is 38.0 Å². The molecule has 1 unspecified atom stereocenters. The van der Waals surface area contributed by atoms with Crippen molar-refractivity contribution in [1.29, 1.82) is 0 Å². The molecule has 82 valence electrons. The van der Waals surface area contributed by atoms with Gasteiger partial charge in [0, 0.05) is 21.4 Å². The molecule has 1 atom stereocenters. The quantitative estimate of drug-likeness (QED) is 0.632. The summed E-state index contributed by atoms with van der Waals surface area (Å²) in [5, 5.41) is 4.07. The van der Waals surface area contributed by atoms with Gasteiger partial charge in [0.2, 0.25) is 0 Å². The van der Waals surface area contributed by atoms with Gasteiger partial charge in [0.1, 0.15) is 0 Å². The number of nitrogens with two attached hydrogens (primary N) is 1. The minimum Gasteiger partial charge on any atom is -0.398 e.